The lowest BCUT2D eigenvalue weighted by molar-refractivity contribution is 0.924. The molecule has 0 spiro atoms. The highest BCUT2D eigenvalue weighted by atomic mass is 15.1. The maximum atomic E-state index is 3.58. The fourth-order valence-corrected chi connectivity index (χ4v) is 4.97. The van der Waals surface area contributed by atoms with Gasteiger partial charge in [-0.05, 0) is 83.8 Å². The summed E-state index contributed by atoms with van der Waals surface area (Å²) in [5.74, 6) is 0. The molecule has 0 atom stereocenters. The number of nitrogens with one attached hydrogen (secondary N) is 1. The molecule has 6 aromatic rings. The third kappa shape index (κ3) is 4.08. The summed E-state index contributed by atoms with van der Waals surface area (Å²) < 4.78 is 0. The molecule has 0 saturated carbocycles. The minimum Gasteiger partial charge on any atom is -0.355 e. The highest BCUT2D eigenvalue weighted by Gasteiger charge is 2.12. The molecule has 5 aromatic carbocycles. The second-order valence-electron chi connectivity index (χ2n) is 9.07. The van der Waals surface area contributed by atoms with Crippen molar-refractivity contribution in [3.8, 4) is 11.1 Å². The molecule has 6 rings (SSSR count). The van der Waals surface area contributed by atoms with Gasteiger partial charge in [-0.3, -0.25) is 0 Å². The van der Waals surface area contributed by atoms with Crippen molar-refractivity contribution in [2.45, 2.75) is 19.8 Å². The lowest BCUT2D eigenvalue weighted by Gasteiger charge is -2.25. The number of aromatic nitrogens is 1. The van der Waals surface area contributed by atoms with E-state index in [2.05, 4.69) is 138 Å². The van der Waals surface area contributed by atoms with Gasteiger partial charge in [-0.25, -0.2) is 0 Å². The molecule has 2 nitrogen and oxygen atoms in total. The van der Waals surface area contributed by atoms with E-state index >= 15 is 0 Å². The van der Waals surface area contributed by atoms with Gasteiger partial charge in [-0.2, -0.15) is 0 Å². The van der Waals surface area contributed by atoms with E-state index in [1.54, 1.807) is 0 Å². The van der Waals surface area contributed by atoms with Gasteiger partial charge in [-0.15, -0.1) is 0 Å². The van der Waals surface area contributed by atoms with E-state index in [9.17, 15) is 0 Å². The van der Waals surface area contributed by atoms with Crippen LogP contribution in [0.1, 0.15) is 18.9 Å². The topological polar surface area (TPSA) is 19.0 Å². The van der Waals surface area contributed by atoms with Crippen LogP contribution in [0.3, 0.4) is 0 Å². The molecule has 1 N–H and O–H groups in total. The van der Waals surface area contributed by atoms with Crippen LogP contribution in [0.15, 0.2) is 121 Å². The van der Waals surface area contributed by atoms with Gasteiger partial charge in [0.15, 0.2) is 0 Å². The number of fused-ring (bicyclic) bond motifs is 3. The van der Waals surface area contributed by atoms with Crippen LogP contribution in [0.4, 0.5) is 17.1 Å². The second kappa shape index (κ2) is 9.15. The molecule has 0 aliphatic heterocycles. The zero-order chi connectivity index (χ0) is 23.6. The fourth-order valence-electron chi connectivity index (χ4n) is 4.97. The van der Waals surface area contributed by atoms with Crippen LogP contribution in [0.25, 0.3) is 32.9 Å². The molecule has 1 aromatic heterocycles. The first-order chi connectivity index (χ1) is 17.3. The van der Waals surface area contributed by atoms with Crippen molar-refractivity contribution in [3.05, 3.63) is 127 Å². The lowest BCUT2D eigenvalue weighted by Crippen LogP contribution is -2.09. The second-order valence-corrected chi connectivity index (χ2v) is 9.07. The van der Waals surface area contributed by atoms with Crippen molar-refractivity contribution < 1.29 is 0 Å². The number of H-pyrrole nitrogens is 1. The van der Waals surface area contributed by atoms with Gasteiger partial charge in [0, 0.05) is 38.9 Å². The molecule has 0 unspecified atom stereocenters. The average molecular weight is 453 g/mol. The quantitative estimate of drug-likeness (QED) is 0.267. The first kappa shape index (κ1) is 21.2. The Labute approximate surface area is 206 Å². The number of aryl methyl sites for hydroxylation is 1. The van der Waals surface area contributed by atoms with E-state index in [1.165, 1.54) is 38.5 Å². The Balaban J connectivity index is 1.39. The van der Waals surface area contributed by atoms with Crippen LogP contribution < -0.4 is 4.90 Å². The van der Waals surface area contributed by atoms with Gasteiger partial charge in [0.2, 0.25) is 0 Å². The maximum absolute atomic E-state index is 3.58. The van der Waals surface area contributed by atoms with Gasteiger partial charge in [0.1, 0.15) is 0 Å². The van der Waals surface area contributed by atoms with Crippen LogP contribution in [-0.2, 0) is 6.42 Å². The minimum absolute atomic E-state index is 1.11. The summed E-state index contributed by atoms with van der Waals surface area (Å²) in [5, 5.41) is 2.60. The summed E-state index contributed by atoms with van der Waals surface area (Å²) in [4.78, 5) is 5.87. The summed E-state index contributed by atoms with van der Waals surface area (Å²) in [5.41, 5.74) is 9.68. The molecule has 0 aliphatic carbocycles. The molecule has 0 fully saturated rings. The molecular weight excluding hydrogens is 424 g/mol. The van der Waals surface area contributed by atoms with Gasteiger partial charge < -0.3 is 9.88 Å². The summed E-state index contributed by atoms with van der Waals surface area (Å²) in [6.45, 7) is 2.23. The predicted octanol–water partition coefficient (Wildman–Crippen LogP) is 9.41. The number of rotatable bonds is 6. The predicted molar refractivity (Wildman–Crippen MR) is 150 cm³/mol. The Bertz CT molecular complexity index is 1540. The van der Waals surface area contributed by atoms with E-state index in [0.29, 0.717) is 0 Å². The van der Waals surface area contributed by atoms with Gasteiger partial charge in [0.05, 0.1) is 0 Å². The number of aromatic amines is 1. The number of benzene rings is 5. The lowest BCUT2D eigenvalue weighted by atomic mass is 10.0. The van der Waals surface area contributed by atoms with Crippen molar-refractivity contribution in [2.24, 2.45) is 0 Å². The smallest absolute Gasteiger partial charge is 0.0465 e. The van der Waals surface area contributed by atoms with Gasteiger partial charge in [-0.1, -0.05) is 74.0 Å². The molecule has 35 heavy (non-hydrogen) atoms. The normalized spacial score (nSPS) is 11.2. The largest absolute Gasteiger partial charge is 0.355 e. The Morgan fingerprint density at radius 1 is 0.543 bits per heavy atom. The fraction of sp³-hybridized carbons (Fsp3) is 0.0909. The van der Waals surface area contributed by atoms with Crippen LogP contribution in [0.5, 0.6) is 0 Å². The van der Waals surface area contributed by atoms with E-state index in [4.69, 9.17) is 0 Å². The summed E-state index contributed by atoms with van der Waals surface area (Å²) in [6.07, 6.45) is 2.28. The molecule has 0 bridgehead atoms. The average Bonchev–Trinajstić information content (AvgIpc) is 3.28. The zero-order valence-corrected chi connectivity index (χ0v) is 19.9. The van der Waals surface area contributed by atoms with Crippen molar-refractivity contribution in [1.82, 2.24) is 4.98 Å². The third-order valence-corrected chi connectivity index (χ3v) is 6.69. The Hall–Kier alpha value is -4.30. The molecule has 2 heteroatoms. The first-order valence-electron chi connectivity index (χ1n) is 12.4. The highest BCUT2D eigenvalue weighted by molar-refractivity contribution is 6.08. The number of hydrogen-bond acceptors (Lipinski definition) is 1. The monoisotopic (exact) mass is 452 g/mol. The van der Waals surface area contributed by atoms with Gasteiger partial charge in [0.25, 0.3) is 0 Å². The SMILES string of the molecule is CCCc1ccc2[nH]c3ccc(-c4ccc(N(c5ccccc5)c5ccccc5)cc4)cc3c2c1. The Kier molecular flexibility index (Phi) is 5.56. The molecular formula is C33H28N2. The van der Waals surface area contributed by atoms with Crippen molar-refractivity contribution in [3.63, 3.8) is 0 Å². The molecule has 170 valence electrons. The standard InChI is InChI=1S/C33H28N2/c1-2-9-24-14-20-32-30(22-24)31-23-26(17-21-33(31)34-32)25-15-18-29(19-16-25)35(27-10-5-3-6-11-27)28-12-7-4-8-13-28/h3-8,10-23,34H,2,9H2,1H3. The maximum Gasteiger partial charge on any atom is 0.0465 e. The number of nitrogens with zero attached hydrogens (tertiary/aromatic N) is 1. The molecule has 0 amide bonds. The zero-order valence-electron chi connectivity index (χ0n) is 19.9. The van der Waals surface area contributed by atoms with E-state index < -0.39 is 0 Å². The number of hydrogen-bond donors (Lipinski definition) is 1. The summed E-state index contributed by atoms with van der Waals surface area (Å²) in [7, 11) is 0. The van der Waals surface area contributed by atoms with Gasteiger partial charge >= 0.3 is 0 Å². The Morgan fingerprint density at radius 3 is 1.71 bits per heavy atom. The Morgan fingerprint density at radius 2 is 1.09 bits per heavy atom. The van der Waals surface area contributed by atoms with E-state index in [1.807, 2.05) is 0 Å². The van der Waals surface area contributed by atoms with E-state index in [0.717, 1.165) is 29.9 Å². The van der Waals surface area contributed by atoms with Crippen molar-refractivity contribution in [1.29, 1.82) is 0 Å². The third-order valence-electron chi connectivity index (χ3n) is 6.69. The molecule has 0 saturated heterocycles. The number of para-hydroxylation sites is 2. The highest BCUT2D eigenvalue weighted by Crippen LogP contribution is 2.36. The first-order valence-corrected chi connectivity index (χ1v) is 12.4. The molecule has 0 aliphatic rings. The van der Waals surface area contributed by atoms with Crippen molar-refractivity contribution >= 4 is 38.9 Å². The van der Waals surface area contributed by atoms with Crippen LogP contribution >= 0.6 is 0 Å². The molecule has 1 heterocycles. The molecule has 0 radical (unpaired) electrons. The van der Waals surface area contributed by atoms with Crippen LogP contribution in [-0.4, -0.2) is 4.98 Å². The van der Waals surface area contributed by atoms with E-state index in [-0.39, 0.29) is 0 Å². The summed E-state index contributed by atoms with van der Waals surface area (Å²) in [6, 6.07) is 43.5. The van der Waals surface area contributed by atoms with Crippen molar-refractivity contribution in [2.75, 3.05) is 4.90 Å². The van der Waals surface area contributed by atoms with Crippen LogP contribution in [0.2, 0.25) is 0 Å². The van der Waals surface area contributed by atoms with Crippen LogP contribution in [0, 0.1) is 0 Å². The minimum atomic E-state index is 1.11. The number of anilines is 3. The summed E-state index contributed by atoms with van der Waals surface area (Å²) >= 11 is 0.